The highest BCUT2D eigenvalue weighted by Gasteiger charge is 2.13. The first-order valence-corrected chi connectivity index (χ1v) is 8.57. The number of aliphatic imine (C=N–C) groups is 1. The molecule has 0 radical (unpaired) electrons. The largest absolute Gasteiger partial charge is 0.469 e. The Bertz CT molecular complexity index is 663. The van der Waals surface area contributed by atoms with Gasteiger partial charge in [0.15, 0.2) is 5.96 Å². The molecule has 0 aliphatic rings. The Morgan fingerprint density at radius 3 is 2.72 bits per heavy atom. The molecule has 1 unspecified atom stereocenters. The lowest BCUT2D eigenvalue weighted by Crippen LogP contribution is -2.43. The molecule has 2 aromatic heterocycles. The predicted octanol–water partition coefficient (Wildman–Crippen LogP) is 2.98. The highest BCUT2D eigenvalue weighted by molar-refractivity contribution is 14.0. The van der Waals surface area contributed by atoms with Crippen molar-refractivity contribution in [1.29, 1.82) is 0 Å². The van der Waals surface area contributed by atoms with Gasteiger partial charge in [-0.1, -0.05) is 0 Å². The summed E-state index contributed by atoms with van der Waals surface area (Å²) in [6.45, 7) is 9.96. The second kappa shape index (κ2) is 10.5. The first-order chi connectivity index (χ1) is 11.5. The van der Waals surface area contributed by atoms with Crippen molar-refractivity contribution in [1.82, 2.24) is 20.4 Å². The second-order valence-corrected chi connectivity index (χ2v) is 6.11. The molecule has 7 heteroatoms. The summed E-state index contributed by atoms with van der Waals surface area (Å²) in [6, 6.07) is 4.16. The first kappa shape index (κ1) is 21.5. The van der Waals surface area contributed by atoms with Crippen LogP contribution in [0.5, 0.6) is 0 Å². The number of halogens is 1. The minimum Gasteiger partial charge on any atom is -0.469 e. The van der Waals surface area contributed by atoms with E-state index in [2.05, 4.69) is 48.4 Å². The van der Waals surface area contributed by atoms with Gasteiger partial charge in [0.2, 0.25) is 0 Å². The van der Waals surface area contributed by atoms with Crippen molar-refractivity contribution in [3.05, 3.63) is 41.1 Å². The van der Waals surface area contributed by atoms with E-state index >= 15 is 0 Å². The SMILES string of the molecule is CCNC(=NCCc1ccco1)NC(C)Cc1c(C)nn(C)c1C.I. The summed E-state index contributed by atoms with van der Waals surface area (Å²) < 4.78 is 7.29. The van der Waals surface area contributed by atoms with E-state index in [1.54, 1.807) is 6.26 Å². The van der Waals surface area contributed by atoms with Gasteiger partial charge in [-0.05, 0) is 51.8 Å². The molecule has 0 aromatic carbocycles. The maximum atomic E-state index is 5.34. The summed E-state index contributed by atoms with van der Waals surface area (Å²) in [5.74, 6) is 1.81. The molecule has 25 heavy (non-hydrogen) atoms. The molecule has 1 atom stereocenters. The molecule has 0 aliphatic carbocycles. The molecule has 0 saturated carbocycles. The van der Waals surface area contributed by atoms with Crippen LogP contribution in [-0.2, 0) is 19.9 Å². The molecule has 2 aromatic rings. The van der Waals surface area contributed by atoms with Crippen LogP contribution in [0, 0.1) is 13.8 Å². The Balaban J connectivity index is 0.00000312. The monoisotopic (exact) mass is 459 g/mol. The third-order valence-corrected chi connectivity index (χ3v) is 4.10. The molecule has 0 spiro atoms. The highest BCUT2D eigenvalue weighted by atomic mass is 127. The Morgan fingerprint density at radius 2 is 2.16 bits per heavy atom. The summed E-state index contributed by atoms with van der Waals surface area (Å²) in [5, 5.41) is 11.3. The number of guanidine groups is 1. The number of aromatic nitrogens is 2. The van der Waals surface area contributed by atoms with Gasteiger partial charge in [-0.3, -0.25) is 9.67 Å². The highest BCUT2D eigenvalue weighted by Crippen LogP contribution is 2.14. The van der Waals surface area contributed by atoms with Crippen LogP contribution < -0.4 is 10.6 Å². The Hall–Kier alpha value is -1.51. The first-order valence-electron chi connectivity index (χ1n) is 8.57. The molecule has 2 N–H and O–H groups in total. The quantitative estimate of drug-likeness (QED) is 0.380. The van der Waals surface area contributed by atoms with E-state index in [9.17, 15) is 0 Å². The van der Waals surface area contributed by atoms with Crippen LogP contribution in [-0.4, -0.2) is 34.9 Å². The summed E-state index contributed by atoms with van der Waals surface area (Å²) in [5.41, 5.74) is 3.63. The number of hydrogen-bond acceptors (Lipinski definition) is 3. The number of furan rings is 1. The van der Waals surface area contributed by atoms with Gasteiger partial charge < -0.3 is 15.1 Å². The average Bonchev–Trinajstić information content (AvgIpc) is 3.12. The van der Waals surface area contributed by atoms with E-state index < -0.39 is 0 Å². The van der Waals surface area contributed by atoms with Crippen molar-refractivity contribution < 1.29 is 4.42 Å². The fourth-order valence-corrected chi connectivity index (χ4v) is 2.76. The zero-order chi connectivity index (χ0) is 17.5. The smallest absolute Gasteiger partial charge is 0.191 e. The summed E-state index contributed by atoms with van der Waals surface area (Å²) >= 11 is 0. The van der Waals surface area contributed by atoms with Gasteiger partial charge in [0.05, 0.1) is 12.0 Å². The molecular formula is C18H30IN5O. The van der Waals surface area contributed by atoms with E-state index in [0.717, 1.165) is 36.8 Å². The standard InChI is InChI=1S/C18H29N5O.HI/c1-6-19-18(20-10-9-16-8-7-11-24-16)21-13(2)12-17-14(3)22-23(5)15(17)4;/h7-8,11,13H,6,9-10,12H2,1-5H3,(H2,19,20,21);1H. The van der Waals surface area contributed by atoms with Gasteiger partial charge in [-0.15, -0.1) is 24.0 Å². The zero-order valence-corrected chi connectivity index (χ0v) is 18.1. The van der Waals surface area contributed by atoms with E-state index in [-0.39, 0.29) is 30.0 Å². The second-order valence-electron chi connectivity index (χ2n) is 6.11. The molecular weight excluding hydrogens is 429 g/mol. The topological polar surface area (TPSA) is 67.4 Å². The molecule has 2 heterocycles. The lowest BCUT2D eigenvalue weighted by atomic mass is 10.1. The molecule has 6 nitrogen and oxygen atoms in total. The maximum Gasteiger partial charge on any atom is 0.191 e. The lowest BCUT2D eigenvalue weighted by Gasteiger charge is -2.18. The summed E-state index contributed by atoms with van der Waals surface area (Å²) in [6.07, 6.45) is 3.43. The van der Waals surface area contributed by atoms with Crippen LogP contribution in [0.25, 0.3) is 0 Å². The Morgan fingerprint density at radius 1 is 1.40 bits per heavy atom. The van der Waals surface area contributed by atoms with Crippen LogP contribution in [0.1, 0.15) is 36.6 Å². The van der Waals surface area contributed by atoms with E-state index in [0.29, 0.717) is 6.54 Å². The summed E-state index contributed by atoms with van der Waals surface area (Å²) in [4.78, 5) is 4.63. The normalized spacial score (nSPS) is 12.6. The van der Waals surface area contributed by atoms with Crippen molar-refractivity contribution in [3.63, 3.8) is 0 Å². The van der Waals surface area contributed by atoms with E-state index in [1.165, 1.54) is 11.3 Å². The molecule has 0 aliphatic heterocycles. The van der Waals surface area contributed by atoms with Crippen molar-refractivity contribution in [2.24, 2.45) is 12.0 Å². The van der Waals surface area contributed by atoms with E-state index in [1.807, 2.05) is 23.9 Å². The molecule has 0 bridgehead atoms. The third kappa shape index (κ3) is 6.37. The van der Waals surface area contributed by atoms with Gasteiger partial charge in [-0.2, -0.15) is 5.10 Å². The molecule has 0 amide bonds. The number of hydrogen-bond donors (Lipinski definition) is 2. The number of nitrogens with one attached hydrogen (secondary N) is 2. The van der Waals surface area contributed by atoms with Gasteiger partial charge in [0.1, 0.15) is 5.76 Å². The fraction of sp³-hybridized carbons (Fsp3) is 0.556. The van der Waals surface area contributed by atoms with Gasteiger partial charge in [0.25, 0.3) is 0 Å². The van der Waals surface area contributed by atoms with Gasteiger partial charge >= 0.3 is 0 Å². The number of nitrogens with zero attached hydrogens (tertiary/aromatic N) is 3. The molecule has 0 fully saturated rings. The summed E-state index contributed by atoms with van der Waals surface area (Å²) in [7, 11) is 1.99. The van der Waals surface area contributed by atoms with Crippen LogP contribution in [0.15, 0.2) is 27.8 Å². The molecule has 2 rings (SSSR count). The third-order valence-electron chi connectivity index (χ3n) is 4.10. The lowest BCUT2D eigenvalue weighted by molar-refractivity contribution is 0.510. The average molecular weight is 459 g/mol. The van der Waals surface area contributed by atoms with Crippen LogP contribution in [0.4, 0.5) is 0 Å². The Labute approximate surface area is 167 Å². The number of aryl methyl sites for hydroxylation is 2. The molecule has 140 valence electrons. The predicted molar refractivity (Wildman–Crippen MR) is 113 cm³/mol. The molecule has 0 saturated heterocycles. The zero-order valence-electron chi connectivity index (χ0n) is 15.8. The van der Waals surface area contributed by atoms with Crippen molar-refractivity contribution in [2.45, 2.75) is 46.6 Å². The van der Waals surface area contributed by atoms with Crippen molar-refractivity contribution in [2.75, 3.05) is 13.1 Å². The minimum absolute atomic E-state index is 0. The minimum atomic E-state index is 0. The van der Waals surface area contributed by atoms with Gasteiger partial charge in [0, 0.05) is 38.3 Å². The fourth-order valence-electron chi connectivity index (χ4n) is 2.76. The Kier molecular flexibility index (Phi) is 9.02. The van der Waals surface area contributed by atoms with Crippen LogP contribution in [0.2, 0.25) is 0 Å². The van der Waals surface area contributed by atoms with Gasteiger partial charge in [-0.25, -0.2) is 0 Å². The number of rotatable bonds is 7. The van der Waals surface area contributed by atoms with Crippen LogP contribution >= 0.6 is 24.0 Å². The maximum absolute atomic E-state index is 5.34. The van der Waals surface area contributed by atoms with Crippen molar-refractivity contribution in [3.8, 4) is 0 Å². The van der Waals surface area contributed by atoms with Crippen LogP contribution in [0.3, 0.4) is 0 Å². The van der Waals surface area contributed by atoms with Crippen molar-refractivity contribution >= 4 is 29.9 Å². The van der Waals surface area contributed by atoms with E-state index in [4.69, 9.17) is 4.42 Å².